The average Bonchev–Trinajstić information content (AvgIpc) is 2.60. The summed E-state index contributed by atoms with van der Waals surface area (Å²) < 4.78 is 5.37. The maximum atomic E-state index is 12.1. The predicted octanol–water partition coefficient (Wildman–Crippen LogP) is 3.46. The number of ether oxygens (including phenoxy) is 1. The Kier molecular flexibility index (Phi) is 5.84. The van der Waals surface area contributed by atoms with Crippen LogP contribution in [0.15, 0.2) is 47.6 Å². The van der Waals surface area contributed by atoms with Gasteiger partial charge in [0.1, 0.15) is 5.75 Å². The third kappa shape index (κ3) is 4.63. The molecule has 0 spiro atoms. The van der Waals surface area contributed by atoms with Crippen LogP contribution in [0.4, 0.5) is 5.69 Å². The molecule has 7 nitrogen and oxygen atoms in total. The summed E-state index contributed by atoms with van der Waals surface area (Å²) in [5, 5.41) is 15.0. The van der Waals surface area contributed by atoms with E-state index >= 15 is 0 Å². The molecule has 0 unspecified atom stereocenters. The van der Waals surface area contributed by atoms with E-state index in [1.54, 1.807) is 13.8 Å². The van der Waals surface area contributed by atoms with Gasteiger partial charge in [0.2, 0.25) is 0 Å². The molecule has 25 heavy (non-hydrogen) atoms. The first-order valence-electron chi connectivity index (χ1n) is 7.75. The van der Waals surface area contributed by atoms with Crippen LogP contribution < -0.4 is 10.2 Å². The van der Waals surface area contributed by atoms with E-state index in [4.69, 9.17) is 4.74 Å². The first-order chi connectivity index (χ1) is 11.9. The van der Waals surface area contributed by atoms with Crippen molar-refractivity contribution in [2.75, 3.05) is 6.61 Å². The Bertz CT molecular complexity index is 814. The zero-order valence-electron chi connectivity index (χ0n) is 14.3. The van der Waals surface area contributed by atoms with E-state index in [0.717, 1.165) is 11.3 Å². The van der Waals surface area contributed by atoms with E-state index in [9.17, 15) is 14.9 Å². The Morgan fingerprint density at radius 3 is 2.44 bits per heavy atom. The fraction of sp³-hybridized carbons (Fsp3) is 0.222. The second-order valence-electron chi connectivity index (χ2n) is 5.35. The van der Waals surface area contributed by atoms with Gasteiger partial charge in [-0.05, 0) is 56.7 Å². The molecule has 0 aliphatic heterocycles. The maximum absolute atomic E-state index is 12.1. The summed E-state index contributed by atoms with van der Waals surface area (Å²) in [6.45, 7) is 5.87. The van der Waals surface area contributed by atoms with Gasteiger partial charge in [0.15, 0.2) is 0 Å². The normalized spacial score (nSPS) is 11.1. The summed E-state index contributed by atoms with van der Waals surface area (Å²) in [5.74, 6) is 0.253. The average molecular weight is 341 g/mol. The lowest BCUT2D eigenvalue weighted by Gasteiger charge is -2.06. The standard InChI is InChI=1S/C18H19N3O4/c1-4-25-16-9-7-14(8-10-16)13(3)19-20-18(22)15-6-5-12(2)17(11-15)21(23)24/h5-11H,4H2,1-3H3,(H,20,22)/b19-13+. The molecule has 7 heteroatoms. The molecular formula is C18H19N3O4. The number of carbonyl (C=O) groups excluding carboxylic acids is 1. The Morgan fingerprint density at radius 1 is 1.20 bits per heavy atom. The summed E-state index contributed by atoms with van der Waals surface area (Å²) in [7, 11) is 0. The Hall–Kier alpha value is -3.22. The Balaban J connectivity index is 2.11. The van der Waals surface area contributed by atoms with Gasteiger partial charge >= 0.3 is 0 Å². The summed E-state index contributed by atoms with van der Waals surface area (Å²) in [6, 6.07) is 11.6. The van der Waals surface area contributed by atoms with Crippen LogP contribution in [0.1, 0.15) is 35.3 Å². The number of hydrogen-bond donors (Lipinski definition) is 1. The number of amides is 1. The molecule has 1 amide bonds. The zero-order valence-corrected chi connectivity index (χ0v) is 14.3. The first kappa shape index (κ1) is 18.1. The Labute approximate surface area is 145 Å². The molecule has 0 heterocycles. The molecule has 2 rings (SSSR count). The first-order valence-corrected chi connectivity index (χ1v) is 7.75. The van der Waals surface area contributed by atoms with Crippen molar-refractivity contribution in [1.82, 2.24) is 5.43 Å². The van der Waals surface area contributed by atoms with Crippen molar-refractivity contribution >= 4 is 17.3 Å². The number of aryl methyl sites for hydroxylation is 1. The molecule has 0 aromatic heterocycles. The summed E-state index contributed by atoms with van der Waals surface area (Å²) in [4.78, 5) is 22.6. The summed E-state index contributed by atoms with van der Waals surface area (Å²) >= 11 is 0. The lowest BCUT2D eigenvalue weighted by molar-refractivity contribution is -0.385. The van der Waals surface area contributed by atoms with Gasteiger partial charge in [-0.1, -0.05) is 6.07 Å². The Morgan fingerprint density at radius 2 is 1.84 bits per heavy atom. The van der Waals surface area contributed by atoms with Gasteiger partial charge in [0.05, 0.1) is 17.2 Å². The highest BCUT2D eigenvalue weighted by Gasteiger charge is 2.14. The third-order valence-corrected chi connectivity index (χ3v) is 3.58. The quantitative estimate of drug-likeness (QED) is 0.494. The van der Waals surface area contributed by atoms with Gasteiger partial charge in [0.25, 0.3) is 11.6 Å². The highest BCUT2D eigenvalue weighted by atomic mass is 16.6. The number of benzene rings is 2. The molecule has 0 radical (unpaired) electrons. The fourth-order valence-corrected chi connectivity index (χ4v) is 2.17. The van der Waals surface area contributed by atoms with E-state index < -0.39 is 10.8 Å². The van der Waals surface area contributed by atoms with Gasteiger partial charge in [0, 0.05) is 17.2 Å². The lowest BCUT2D eigenvalue weighted by atomic mass is 10.1. The summed E-state index contributed by atoms with van der Waals surface area (Å²) in [6.07, 6.45) is 0. The molecule has 130 valence electrons. The van der Waals surface area contributed by atoms with Crippen molar-refractivity contribution in [3.8, 4) is 5.75 Å². The number of nitro benzene ring substituents is 1. The monoisotopic (exact) mass is 341 g/mol. The number of rotatable bonds is 6. The topological polar surface area (TPSA) is 93.8 Å². The van der Waals surface area contributed by atoms with Gasteiger partial charge in [-0.25, -0.2) is 5.43 Å². The highest BCUT2D eigenvalue weighted by molar-refractivity contribution is 6.01. The minimum atomic E-state index is -0.513. The van der Waals surface area contributed by atoms with E-state index in [1.807, 2.05) is 31.2 Å². The van der Waals surface area contributed by atoms with E-state index in [-0.39, 0.29) is 11.3 Å². The molecule has 2 aromatic carbocycles. The largest absolute Gasteiger partial charge is 0.494 e. The van der Waals surface area contributed by atoms with Crippen molar-refractivity contribution in [2.24, 2.45) is 5.10 Å². The number of nitro groups is 1. The lowest BCUT2D eigenvalue weighted by Crippen LogP contribution is -2.19. The van der Waals surface area contributed by atoms with Crippen LogP contribution in [0.5, 0.6) is 5.75 Å². The van der Waals surface area contributed by atoms with Crippen LogP contribution >= 0.6 is 0 Å². The molecule has 0 saturated carbocycles. The zero-order chi connectivity index (χ0) is 18.4. The van der Waals surface area contributed by atoms with E-state index in [0.29, 0.717) is 17.9 Å². The van der Waals surface area contributed by atoms with Crippen molar-refractivity contribution in [3.05, 3.63) is 69.3 Å². The smallest absolute Gasteiger partial charge is 0.273 e. The number of carbonyl (C=O) groups is 1. The van der Waals surface area contributed by atoms with Gasteiger partial charge in [-0.3, -0.25) is 14.9 Å². The van der Waals surface area contributed by atoms with Crippen molar-refractivity contribution in [3.63, 3.8) is 0 Å². The number of hydrazone groups is 1. The number of nitrogens with one attached hydrogen (secondary N) is 1. The molecule has 0 aliphatic rings. The van der Waals surface area contributed by atoms with Crippen molar-refractivity contribution in [2.45, 2.75) is 20.8 Å². The molecule has 0 bridgehead atoms. The van der Waals surface area contributed by atoms with Crippen LogP contribution in [-0.2, 0) is 0 Å². The van der Waals surface area contributed by atoms with Crippen LogP contribution in [0, 0.1) is 17.0 Å². The molecule has 1 N–H and O–H groups in total. The van der Waals surface area contributed by atoms with Gasteiger partial charge < -0.3 is 4.74 Å². The van der Waals surface area contributed by atoms with Gasteiger partial charge in [-0.15, -0.1) is 0 Å². The van der Waals surface area contributed by atoms with Crippen LogP contribution in [0.3, 0.4) is 0 Å². The van der Waals surface area contributed by atoms with E-state index in [2.05, 4.69) is 10.5 Å². The molecule has 2 aromatic rings. The molecule has 0 fully saturated rings. The summed E-state index contributed by atoms with van der Waals surface area (Å²) in [5.41, 5.74) is 4.44. The molecule has 0 saturated heterocycles. The third-order valence-electron chi connectivity index (χ3n) is 3.58. The highest BCUT2D eigenvalue weighted by Crippen LogP contribution is 2.19. The minimum absolute atomic E-state index is 0.0973. The van der Waals surface area contributed by atoms with E-state index in [1.165, 1.54) is 18.2 Å². The predicted molar refractivity (Wildman–Crippen MR) is 95.1 cm³/mol. The van der Waals surface area contributed by atoms with Crippen LogP contribution in [0.2, 0.25) is 0 Å². The van der Waals surface area contributed by atoms with Crippen molar-refractivity contribution in [1.29, 1.82) is 0 Å². The molecule has 0 aliphatic carbocycles. The maximum Gasteiger partial charge on any atom is 0.273 e. The SMILES string of the molecule is CCOc1ccc(/C(C)=N/NC(=O)c2ccc(C)c([N+](=O)[O-])c2)cc1. The fourth-order valence-electron chi connectivity index (χ4n) is 2.17. The van der Waals surface area contributed by atoms with Crippen LogP contribution in [0.25, 0.3) is 0 Å². The van der Waals surface area contributed by atoms with Crippen LogP contribution in [-0.4, -0.2) is 23.1 Å². The van der Waals surface area contributed by atoms with Gasteiger partial charge in [-0.2, -0.15) is 5.10 Å². The number of hydrogen-bond acceptors (Lipinski definition) is 5. The number of nitrogens with zero attached hydrogens (tertiary/aromatic N) is 2. The molecule has 0 atom stereocenters. The minimum Gasteiger partial charge on any atom is -0.494 e. The molecular weight excluding hydrogens is 322 g/mol. The second kappa shape index (κ2) is 8.05. The van der Waals surface area contributed by atoms with Crippen molar-refractivity contribution < 1.29 is 14.5 Å². The second-order valence-corrected chi connectivity index (χ2v) is 5.35.